The van der Waals surface area contributed by atoms with Crippen molar-refractivity contribution in [2.24, 2.45) is 0 Å². The first-order chi connectivity index (χ1) is 11.8. The SMILES string of the molecule is [CH2]CCCC[CH]Oc1ccc2sc(-c3ccccn3)nc(=O)c2c1. The van der Waals surface area contributed by atoms with Crippen LogP contribution in [-0.4, -0.2) is 9.97 Å². The Morgan fingerprint density at radius 1 is 1.21 bits per heavy atom. The highest BCUT2D eigenvalue weighted by molar-refractivity contribution is 7.21. The topological polar surface area (TPSA) is 52.1 Å². The van der Waals surface area contributed by atoms with Crippen LogP contribution in [0.1, 0.15) is 25.7 Å². The maximum absolute atomic E-state index is 12.3. The third kappa shape index (κ3) is 3.97. The summed E-state index contributed by atoms with van der Waals surface area (Å²) in [6.07, 6.45) is 5.65. The van der Waals surface area contributed by atoms with E-state index in [1.165, 1.54) is 11.3 Å². The van der Waals surface area contributed by atoms with E-state index in [0.29, 0.717) is 21.8 Å². The van der Waals surface area contributed by atoms with E-state index in [2.05, 4.69) is 16.9 Å². The molecule has 0 aliphatic heterocycles. The largest absolute Gasteiger partial charge is 0.487 e. The number of ether oxygens (including phenoxy) is 1. The summed E-state index contributed by atoms with van der Waals surface area (Å²) in [6, 6.07) is 11.1. The monoisotopic (exact) mass is 338 g/mol. The van der Waals surface area contributed by atoms with Crippen LogP contribution in [0, 0.1) is 13.5 Å². The molecule has 0 unspecified atom stereocenters. The minimum atomic E-state index is -0.257. The van der Waals surface area contributed by atoms with Gasteiger partial charge in [-0.25, -0.2) is 0 Å². The second-order valence-electron chi connectivity index (χ2n) is 5.33. The molecule has 0 bridgehead atoms. The highest BCUT2D eigenvalue weighted by Gasteiger charge is 2.09. The molecule has 24 heavy (non-hydrogen) atoms. The number of hydrogen-bond acceptors (Lipinski definition) is 5. The van der Waals surface area contributed by atoms with Gasteiger partial charge in [0.1, 0.15) is 17.4 Å². The molecule has 122 valence electrons. The van der Waals surface area contributed by atoms with Crippen molar-refractivity contribution in [1.82, 2.24) is 9.97 Å². The molecule has 3 rings (SSSR count). The summed E-state index contributed by atoms with van der Waals surface area (Å²) in [6.45, 7) is 5.59. The van der Waals surface area contributed by atoms with Crippen molar-refractivity contribution in [2.45, 2.75) is 25.7 Å². The Balaban J connectivity index is 1.81. The zero-order chi connectivity index (χ0) is 16.8. The summed E-state index contributed by atoms with van der Waals surface area (Å²) >= 11 is 1.45. The summed E-state index contributed by atoms with van der Waals surface area (Å²) in [5.41, 5.74) is 0.451. The van der Waals surface area contributed by atoms with E-state index < -0.39 is 0 Å². The lowest BCUT2D eigenvalue weighted by Gasteiger charge is -2.06. The number of fused-ring (bicyclic) bond motifs is 1. The average Bonchev–Trinajstić information content (AvgIpc) is 2.62. The minimum absolute atomic E-state index is 0.257. The van der Waals surface area contributed by atoms with E-state index in [4.69, 9.17) is 4.74 Å². The molecule has 4 nitrogen and oxygen atoms in total. The smallest absolute Gasteiger partial charge is 0.279 e. The van der Waals surface area contributed by atoms with Crippen LogP contribution in [0.2, 0.25) is 0 Å². The van der Waals surface area contributed by atoms with E-state index in [1.807, 2.05) is 30.3 Å². The molecule has 2 aromatic heterocycles. The van der Waals surface area contributed by atoms with Crippen molar-refractivity contribution >= 4 is 21.4 Å². The summed E-state index contributed by atoms with van der Waals surface area (Å²) in [4.78, 5) is 20.8. The highest BCUT2D eigenvalue weighted by Crippen LogP contribution is 2.27. The van der Waals surface area contributed by atoms with Crippen LogP contribution in [0.4, 0.5) is 0 Å². The molecular weight excluding hydrogens is 320 g/mol. The van der Waals surface area contributed by atoms with Crippen molar-refractivity contribution in [3.8, 4) is 16.5 Å². The molecular formula is C19H18N2O2S. The number of pyridine rings is 1. The molecule has 3 aromatic rings. The first-order valence-corrected chi connectivity index (χ1v) is 8.73. The molecule has 0 atom stereocenters. The van der Waals surface area contributed by atoms with Gasteiger partial charge in [-0.1, -0.05) is 25.8 Å². The van der Waals surface area contributed by atoms with Gasteiger partial charge >= 0.3 is 0 Å². The molecule has 2 heterocycles. The van der Waals surface area contributed by atoms with Crippen molar-refractivity contribution in [3.05, 3.63) is 66.5 Å². The van der Waals surface area contributed by atoms with Crippen LogP contribution in [-0.2, 0) is 0 Å². The van der Waals surface area contributed by atoms with Gasteiger partial charge in [0.2, 0.25) is 0 Å². The van der Waals surface area contributed by atoms with Gasteiger partial charge in [0.25, 0.3) is 5.56 Å². The fourth-order valence-electron chi connectivity index (χ4n) is 2.28. The van der Waals surface area contributed by atoms with Crippen LogP contribution in [0.3, 0.4) is 0 Å². The van der Waals surface area contributed by atoms with Gasteiger partial charge in [-0.05, 0) is 43.2 Å². The molecule has 2 radical (unpaired) electrons. The lowest BCUT2D eigenvalue weighted by molar-refractivity contribution is 0.385. The normalized spacial score (nSPS) is 10.9. The molecule has 0 saturated heterocycles. The molecule has 0 amide bonds. The molecule has 0 fully saturated rings. The summed E-state index contributed by atoms with van der Waals surface area (Å²) in [5.74, 6) is 0.661. The van der Waals surface area contributed by atoms with E-state index >= 15 is 0 Å². The lowest BCUT2D eigenvalue weighted by atomic mass is 10.2. The van der Waals surface area contributed by atoms with E-state index in [1.54, 1.807) is 18.9 Å². The lowest BCUT2D eigenvalue weighted by Crippen LogP contribution is -2.06. The molecule has 0 saturated carbocycles. The second-order valence-corrected chi connectivity index (χ2v) is 6.36. The fraction of sp³-hybridized carbons (Fsp3) is 0.211. The Labute approximate surface area is 145 Å². The van der Waals surface area contributed by atoms with Crippen LogP contribution >= 0.6 is 11.3 Å². The zero-order valence-corrected chi connectivity index (χ0v) is 14.1. The fourth-order valence-corrected chi connectivity index (χ4v) is 3.23. The molecule has 0 spiro atoms. The Morgan fingerprint density at radius 2 is 2.12 bits per heavy atom. The van der Waals surface area contributed by atoms with Gasteiger partial charge in [-0.2, -0.15) is 4.98 Å². The summed E-state index contributed by atoms with van der Waals surface area (Å²) < 4.78 is 6.49. The Bertz CT molecular complexity index is 862. The predicted octanol–water partition coefficient (Wildman–Crippen LogP) is 4.65. The number of hydrogen-bond donors (Lipinski definition) is 0. The Morgan fingerprint density at radius 3 is 2.92 bits per heavy atom. The molecule has 0 N–H and O–H groups in total. The van der Waals surface area contributed by atoms with Gasteiger partial charge in [-0.3, -0.25) is 9.78 Å². The van der Waals surface area contributed by atoms with Crippen molar-refractivity contribution in [2.75, 3.05) is 0 Å². The van der Waals surface area contributed by atoms with E-state index in [0.717, 1.165) is 30.4 Å². The van der Waals surface area contributed by atoms with Crippen molar-refractivity contribution < 1.29 is 4.74 Å². The van der Waals surface area contributed by atoms with Gasteiger partial charge < -0.3 is 4.74 Å². The summed E-state index contributed by atoms with van der Waals surface area (Å²) in [5, 5.41) is 1.20. The average molecular weight is 338 g/mol. The number of benzene rings is 1. The van der Waals surface area contributed by atoms with Gasteiger partial charge in [0.05, 0.1) is 11.1 Å². The van der Waals surface area contributed by atoms with Gasteiger partial charge in [-0.15, -0.1) is 11.3 Å². The van der Waals surface area contributed by atoms with Crippen molar-refractivity contribution in [1.29, 1.82) is 0 Å². The third-order valence-corrected chi connectivity index (χ3v) is 4.59. The van der Waals surface area contributed by atoms with Crippen LogP contribution in [0.5, 0.6) is 5.75 Å². The maximum atomic E-state index is 12.3. The number of aromatic nitrogens is 2. The number of unbranched alkanes of at least 4 members (excludes halogenated alkanes) is 3. The van der Waals surface area contributed by atoms with Gasteiger partial charge in [0, 0.05) is 10.9 Å². The van der Waals surface area contributed by atoms with Crippen LogP contribution < -0.4 is 10.3 Å². The predicted molar refractivity (Wildman–Crippen MR) is 97.9 cm³/mol. The third-order valence-electron chi connectivity index (χ3n) is 3.52. The second kappa shape index (κ2) is 8.02. The van der Waals surface area contributed by atoms with Crippen LogP contribution in [0.15, 0.2) is 47.4 Å². The maximum Gasteiger partial charge on any atom is 0.279 e. The Kier molecular flexibility index (Phi) is 5.54. The highest BCUT2D eigenvalue weighted by atomic mass is 32.1. The number of rotatable bonds is 7. The van der Waals surface area contributed by atoms with Crippen molar-refractivity contribution in [3.63, 3.8) is 0 Å². The molecule has 5 heteroatoms. The number of nitrogens with zero attached hydrogens (tertiary/aromatic N) is 2. The van der Waals surface area contributed by atoms with Crippen LogP contribution in [0.25, 0.3) is 20.8 Å². The molecule has 1 aromatic carbocycles. The van der Waals surface area contributed by atoms with Gasteiger partial charge in [0.15, 0.2) is 0 Å². The first-order valence-electron chi connectivity index (χ1n) is 7.92. The standard InChI is InChI=1S/C19H18N2O2S/c1-2-3-4-7-12-23-14-9-10-17-15(13-14)18(22)21-19(24-17)16-8-5-6-11-20-16/h5-6,8-13H,1-4,7H2. The zero-order valence-electron chi connectivity index (χ0n) is 13.3. The van der Waals surface area contributed by atoms with E-state index in [9.17, 15) is 4.79 Å². The summed E-state index contributed by atoms with van der Waals surface area (Å²) in [7, 11) is 0. The minimum Gasteiger partial charge on any atom is -0.487 e. The molecule has 0 aliphatic rings. The Hall–Kier alpha value is -2.27. The molecule has 0 aliphatic carbocycles. The van der Waals surface area contributed by atoms with E-state index in [-0.39, 0.29) is 5.56 Å². The first kappa shape index (κ1) is 16.6. The quantitative estimate of drug-likeness (QED) is 0.588.